The van der Waals surface area contributed by atoms with Gasteiger partial charge in [-0.15, -0.1) is 0 Å². The molecule has 0 heterocycles. The van der Waals surface area contributed by atoms with E-state index in [1.54, 1.807) is 12.1 Å². The first-order valence-electron chi connectivity index (χ1n) is 6.26. The first-order valence-corrected chi connectivity index (χ1v) is 6.26. The van der Waals surface area contributed by atoms with Crippen LogP contribution in [0, 0.1) is 13.8 Å². The number of carbonyl (C=O) groups is 2. The van der Waals surface area contributed by atoms with Gasteiger partial charge >= 0.3 is 5.97 Å². The molecule has 110 valence electrons. The number of carboxylic acid groups (broad SMARTS) is 1. The average Bonchev–Trinajstić information content (AvgIpc) is 2.34. The highest BCUT2D eigenvalue weighted by molar-refractivity contribution is 5.84. The summed E-state index contributed by atoms with van der Waals surface area (Å²) >= 11 is 0. The Morgan fingerprint density at radius 2 is 1.85 bits per heavy atom. The third-order valence-electron chi connectivity index (χ3n) is 2.62. The molecule has 20 heavy (non-hydrogen) atoms. The van der Waals surface area contributed by atoms with E-state index in [0.717, 1.165) is 11.1 Å². The van der Waals surface area contributed by atoms with Gasteiger partial charge in [0.25, 0.3) is 5.91 Å². The van der Waals surface area contributed by atoms with E-state index in [1.807, 2.05) is 19.9 Å². The molecule has 0 aliphatic rings. The van der Waals surface area contributed by atoms with Crippen molar-refractivity contribution >= 4 is 11.9 Å². The Morgan fingerprint density at radius 1 is 1.25 bits per heavy atom. The molecule has 0 fully saturated rings. The van der Waals surface area contributed by atoms with Gasteiger partial charge in [-0.2, -0.15) is 0 Å². The molecule has 0 spiro atoms. The minimum atomic E-state index is -1.18. The number of nitrogens with one attached hydrogen (secondary N) is 1. The molecule has 0 aromatic heterocycles. The summed E-state index contributed by atoms with van der Waals surface area (Å²) in [4.78, 5) is 22.4. The lowest BCUT2D eigenvalue weighted by molar-refractivity contribution is -0.142. The Bertz CT molecular complexity index is 466. The zero-order chi connectivity index (χ0) is 15.1. The number of amides is 1. The third-order valence-corrected chi connectivity index (χ3v) is 2.62. The second-order valence-electron chi connectivity index (χ2n) is 4.58. The van der Waals surface area contributed by atoms with Crippen molar-refractivity contribution in [3.8, 4) is 5.75 Å². The van der Waals surface area contributed by atoms with Crippen molar-refractivity contribution in [1.29, 1.82) is 0 Å². The fraction of sp³-hybridized carbons (Fsp3) is 0.429. The Morgan fingerprint density at radius 3 is 2.35 bits per heavy atom. The molecular weight excluding hydrogens is 262 g/mol. The Labute approximate surface area is 117 Å². The van der Waals surface area contributed by atoms with Gasteiger partial charge in [0.05, 0.1) is 0 Å². The maximum absolute atomic E-state index is 11.6. The van der Waals surface area contributed by atoms with Crippen LogP contribution >= 0.6 is 0 Å². The van der Waals surface area contributed by atoms with Gasteiger partial charge in [-0.1, -0.05) is 6.07 Å². The molecule has 0 aliphatic heterocycles. The smallest absolute Gasteiger partial charge is 0.326 e. The number of aliphatic hydroxyl groups is 1. The van der Waals surface area contributed by atoms with E-state index in [1.165, 1.54) is 0 Å². The summed E-state index contributed by atoms with van der Waals surface area (Å²) in [7, 11) is 0. The van der Waals surface area contributed by atoms with Crippen molar-refractivity contribution in [2.24, 2.45) is 0 Å². The lowest BCUT2D eigenvalue weighted by Gasteiger charge is -2.14. The van der Waals surface area contributed by atoms with Crippen molar-refractivity contribution < 1.29 is 24.5 Å². The predicted octanol–water partition coefficient (Wildman–Crippen LogP) is 0.634. The Hall–Kier alpha value is -2.08. The number of hydrogen-bond donors (Lipinski definition) is 3. The summed E-state index contributed by atoms with van der Waals surface area (Å²) in [6, 6.07) is 4.47. The second-order valence-corrected chi connectivity index (χ2v) is 4.58. The normalized spacial score (nSPS) is 11.8. The van der Waals surface area contributed by atoms with Gasteiger partial charge in [0.2, 0.25) is 0 Å². The summed E-state index contributed by atoms with van der Waals surface area (Å²) < 4.78 is 5.32. The SMILES string of the molecule is Cc1cc(C)cc(OCC(=O)N[C@@H](CCO)C(=O)O)c1. The minimum absolute atomic E-state index is 0.0371. The van der Waals surface area contributed by atoms with Crippen molar-refractivity contribution in [2.45, 2.75) is 26.3 Å². The number of carbonyl (C=O) groups excluding carboxylic acids is 1. The number of carboxylic acids is 1. The van der Waals surface area contributed by atoms with Gasteiger partial charge in [0.1, 0.15) is 11.8 Å². The standard InChI is InChI=1S/C14H19NO5/c1-9-5-10(2)7-11(6-9)20-8-13(17)15-12(3-4-16)14(18)19/h5-7,12,16H,3-4,8H2,1-2H3,(H,15,17)(H,18,19)/t12-/m0/s1. The van der Waals surface area contributed by atoms with Crippen molar-refractivity contribution in [3.63, 3.8) is 0 Å². The molecule has 6 heteroatoms. The van der Waals surface area contributed by atoms with Crippen LogP contribution in [0.3, 0.4) is 0 Å². The summed E-state index contributed by atoms with van der Waals surface area (Å²) in [5.41, 5.74) is 2.04. The number of ether oxygens (including phenoxy) is 1. The quantitative estimate of drug-likeness (QED) is 0.681. The van der Waals surface area contributed by atoms with E-state index in [9.17, 15) is 9.59 Å². The number of rotatable bonds is 7. The van der Waals surface area contributed by atoms with Gasteiger partial charge in [-0.05, 0) is 37.1 Å². The van der Waals surface area contributed by atoms with Crippen LogP contribution in [0.2, 0.25) is 0 Å². The summed E-state index contributed by atoms with van der Waals surface area (Å²) in [6.45, 7) is 3.26. The second kappa shape index (κ2) is 7.49. The maximum Gasteiger partial charge on any atom is 0.326 e. The molecular formula is C14H19NO5. The monoisotopic (exact) mass is 281 g/mol. The van der Waals surface area contributed by atoms with Gasteiger partial charge in [-0.3, -0.25) is 4.79 Å². The van der Waals surface area contributed by atoms with Crippen molar-refractivity contribution in [1.82, 2.24) is 5.32 Å². The highest BCUT2D eigenvalue weighted by Crippen LogP contribution is 2.15. The summed E-state index contributed by atoms with van der Waals surface area (Å²) in [5.74, 6) is -1.16. The van der Waals surface area contributed by atoms with E-state index in [0.29, 0.717) is 5.75 Å². The number of aryl methyl sites for hydroxylation is 2. The van der Waals surface area contributed by atoms with Gasteiger partial charge in [0, 0.05) is 13.0 Å². The lowest BCUT2D eigenvalue weighted by Crippen LogP contribution is -2.43. The number of hydrogen-bond acceptors (Lipinski definition) is 4. The predicted molar refractivity (Wildman–Crippen MR) is 72.7 cm³/mol. The van der Waals surface area contributed by atoms with Crippen LogP contribution in [0.4, 0.5) is 0 Å². The van der Waals surface area contributed by atoms with Gasteiger partial charge < -0.3 is 20.3 Å². The van der Waals surface area contributed by atoms with Crippen LogP contribution in [0.25, 0.3) is 0 Å². The van der Waals surface area contributed by atoms with Crippen molar-refractivity contribution in [2.75, 3.05) is 13.2 Å². The van der Waals surface area contributed by atoms with E-state index < -0.39 is 17.9 Å². The fourth-order valence-corrected chi connectivity index (χ4v) is 1.79. The van der Waals surface area contributed by atoms with Crippen LogP contribution in [0.1, 0.15) is 17.5 Å². The molecule has 1 amide bonds. The molecule has 0 aliphatic carbocycles. The largest absolute Gasteiger partial charge is 0.484 e. The lowest BCUT2D eigenvalue weighted by atomic mass is 10.1. The van der Waals surface area contributed by atoms with Crippen LogP contribution in [0.5, 0.6) is 5.75 Å². The minimum Gasteiger partial charge on any atom is -0.484 e. The maximum atomic E-state index is 11.6. The molecule has 0 bridgehead atoms. The third kappa shape index (κ3) is 5.27. The first kappa shape index (κ1) is 16.0. The van der Waals surface area contributed by atoms with Crippen LogP contribution in [-0.4, -0.2) is 41.3 Å². The molecule has 0 saturated heterocycles. The van der Waals surface area contributed by atoms with Gasteiger partial charge in [-0.25, -0.2) is 4.79 Å². The number of benzene rings is 1. The highest BCUT2D eigenvalue weighted by atomic mass is 16.5. The summed E-state index contributed by atoms with van der Waals surface area (Å²) in [6.07, 6.45) is -0.0371. The summed E-state index contributed by atoms with van der Waals surface area (Å²) in [5, 5.41) is 19.9. The van der Waals surface area contributed by atoms with Crippen LogP contribution in [0.15, 0.2) is 18.2 Å². The van der Waals surface area contributed by atoms with E-state index in [2.05, 4.69) is 5.32 Å². The molecule has 1 aromatic carbocycles. The fourth-order valence-electron chi connectivity index (χ4n) is 1.79. The van der Waals surface area contributed by atoms with Crippen molar-refractivity contribution in [3.05, 3.63) is 29.3 Å². The number of aliphatic carboxylic acids is 1. The number of aliphatic hydroxyl groups excluding tert-OH is 1. The molecule has 0 unspecified atom stereocenters. The molecule has 3 N–H and O–H groups in total. The average molecular weight is 281 g/mol. The van der Waals surface area contributed by atoms with E-state index >= 15 is 0 Å². The molecule has 6 nitrogen and oxygen atoms in total. The topological polar surface area (TPSA) is 95.9 Å². The first-order chi connectivity index (χ1) is 9.42. The zero-order valence-corrected chi connectivity index (χ0v) is 11.5. The van der Waals surface area contributed by atoms with Gasteiger partial charge in [0.15, 0.2) is 6.61 Å². The Kier molecular flexibility index (Phi) is 5.99. The molecule has 0 radical (unpaired) electrons. The molecule has 1 aromatic rings. The van der Waals surface area contributed by atoms with Crippen LogP contribution < -0.4 is 10.1 Å². The molecule has 1 rings (SSSR count). The molecule has 0 saturated carbocycles. The van der Waals surface area contributed by atoms with Crippen LogP contribution in [-0.2, 0) is 9.59 Å². The zero-order valence-electron chi connectivity index (χ0n) is 11.5. The van der Waals surface area contributed by atoms with E-state index in [4.69, 9.17) is 14.9 Å². The van der Waals surface area contributed by atoms with E-state index in [-0.39, 0.29) is 19.6 Å². The Balaban J connectivity index is 2.52. The highest BCUT2D eigenvalue weighted by Gasteiger charge is 2.19. The molecule has 1 atom stereocenters.